The standard InChI is InChI=1S/C16H18BrNO/c17-14-9-10-16(15(18)12-14)19-11-5-4-8-13-6-2-1-3-7-13/h1-3,6-7,9-10,12H,4-5,8,11,18H2. The number of hydrogen-bond acceptors (Lipinski definition) is 2. The topological polar surface area (TPSA) is 35.2 Å². The molecule has 2 rings (SSSR count). The molecule has 0 spiro atoms. The first-order chi connectivity index (χ1) is 9.25. The van der Waals surface area contributed by atoms with Gasteiger partial charge in [0.15, 0.2) is 0 Å². The smallest absolute Gasteiger partial charge is 0.142 e. The molecule has 0 unspecified atom stereocenters. The second kappa shape index (κ2) is 7.19. The molecule has 2 aromatic carbocycles. The Morgan fingerprint density at radius 1 is 1.00 bits per heavy atom. The van der Waals surface area contributed by atoms with Crippen LogP contribution in [0.4, 0.5) is 5.69 Å². The normalized spacial score (nSPS) is 10.4. The fourth-order valence-corrected chi connectivity index (χ4v) is 2.29. The van der Waals surface area contributed by atoms with Gasteiger partial charge in [0.05, 0.1) is 12.3 Å². The minimum Gasteiger partial charge on any atom is -0.491 e. The van der Waals surface area contributed by atoms with Crippen molar-refractivity contribution in [1.82, 2.24) is 0 Å². The average Bonchev–Trinajstić information content (AvgIpc) is 2.42. The molecule has 0 amide bonds. The molecule has 0 fully saturated rings. The van der Waals surface area contributed by atoms with Crippen molar-refractivity contribution in [3.63, 3.8) is 0 Å². The number of benzene rings is 2. The third kappa shape index (κ3) is 4.60. The largest absolute Gasteiger partial charge is 0.491 e. The van der Waals surface area contributed by atoms with Crippen LogP contribution in [0.25, 0.3) is 0 Å². The quantitative estimate of drug-likeness (QED) is 0.631. The van der Waals surface area contributed by atoms with Gasteiger partial charge in [-0.25, -0.2) is 0 Å². The number of halogens is 1. The van der Waals surface area contributed by atoms with Crippen molar-refractivity contribution in [3.8, 4) is 5.75 Å². The molecule has 100 valence electrons. The van der Waals surface area contributed by atoms with Crippen molar-refractivity contribution in [3.05, 3.63) is 58.6 Å². The lowest BCUT2D eigenvalue weighted by atomic mass is 10.1. The van der Waals surface area contributed by atoms with E-state index >= 15 is 0 Å². The summed E-state index contributed by atoms with van der Waals surface area (Å²) in [4.78, 5) is 0. The highest BCUT2D eigenvalue weighted by Crippen LogP contribution is 2.25. The molecule has 3 heteroatoms. The fraction of sp³-hybridized carbons (Fsp3) is 0.250. The molecule has 2 aromatic rings. The lowest BCUT2D eigenvalue weighted by Crippen LogP contribution is -2.01. The van der Waals surface area contributed by atoms with Gasteiger partial charge < -0.3 is 10.5 Å². The predicted octanol–water partition coefficient (Wildman–Crippen LogP) is 4.43. The van der Waals surface area contributed by atoms with E-state index in [0.717, 1.165) is 29.5 Å². The van der Waals surface area contributed by atoms with Crippen molar-refractivity contribution < 1.29 is 4.74 Å². The van der Waals surface area contributed by atoms with Crippen LogP contribution in [-0.4, -0.2) is 6.61 Å². The highest BCUT2D eigenvalue weighted by Gasteiger charge is 2.00. The number of hydrogen-bond donors (Lipinski definition) is 1. The Morgan fingerprint density at radius 3 is 2.53 bits per heavy atom. The van der Waals surface area contributed by atoms with Crippen molar-refractivity contribution in [2.45, 2.75) is 19.3 Å². The molecule has 0 saturated heterocycles. The molecule has 0 aromatic heterocycles. The van der Waals surface area contributed by atoms with E-state index in [2.05, 4.69) is 40.2 Å². The zero-order valence-electron chi connectivity index (χ0n) is 10.8. The van der Waals surface area contributed by atoms with E-state index in [0.29, 0.717) is 12.3 Å². The van der Waals surface area contributed by atoms with Crippen molar-refractivity contribution >= 4 is 21.6 Å². The van der Waals surface area contributed by atoms with Crippen LogP contribution in [0, 0.1) is 0 Å². The van der Waals surface area contributed by atoms with Crippen LogP contribution < -0.4 is 10.5 Å². The van der Waals surface area contributed by atoms with E-state index < -0.39 is 0 Å². The van der Waals surface area contributed by atoms with E-state index in [9.17, 15) is 0 Å². The zero-order valence-corrected chi connectivity index (χ0v) is 12.4. The van der Waals surface area contributed by atoms with Gasteiger partial charge in [-0.1, -0.05) is 46.3 Å². The summed E-state index contributed by atoms with van der Waals surface area (Å²) in [6.45, 7) is 0.707. The summed E-state index contributed by atoms with van der Waals surface area (Å²) < 4.78 is 6.66. The van der Waals surface area contributed by atoms with E-state index in [4.69, 9.17) is 10.5 Å². The SMILES string of the molecule is Nc1cc(Br)ccc1OCCCCc1ccccc1. The van der Waals surface area contributed by atoms with Gasteiger partial charge in [-0.05, 0) is 43.0 Å². The van der Waals surface area contributed by atoms with Gasteiger partial charge in [0.1, 0.15) is 5.75 Å². The summed E-state index contributed by atoms with van der Waals surface area (Å²) in [6, 6.07) is 16.2. The first kappa shape index (κ1) is 13.9. The van der Waals surface area contributed by atoms with E-state index in [1.54, 1.807) is 0 Å². The molecule has 2 nitrogen and oxygen atoms in total. The van der Waals surface area contributed by atoms with Crippen LogP contribution in [0.5, 0.6) is 5.75 Å². The number of ether oxygens (including phenoxy) is 1. The van der Waals surface area contributed by atoms with Crippen LogP contribution in [-0.2, 0) is 6.42 Å². The Hall–Kier alpha value is -1.48. The molecule has 19 heavy (non-hydrogen) atoms. The van der Waals surface area contributed by atoms with Gasteiger partial charge in [0.25, 0.3) is 0 Å². The molecule has 0 aliphatic rings. The zero-order chi connectivity index (χ0) is 13.5. The Labute approximate surface area is 122 Å². The third-order valence-corrected chi connectivity index (χ3v) is 3.43. The fourth-order valence-electron chi connectivity index (χ4n) is 1.91. The lowest BCUT2D eigenvalue weighted by Gasteiger charge is -2.09. The van der Waals surface area contributed by atoms with E-state index in [-0.39, 0.29) is 0 Å². The first-order valence-corrected chi connectivity index (χ1v) is 7.27. The van der Waals surface area contributed by atoms with Crippen molar-refractivity contribution in [2.24, 2.45) is 0 Å². The highest BCUT2D eigenvalue weighted by atomic mass is 79.9. The van der Waals surface area contributed by atoms with E-state index in [1.165, 1.54) is 5.56 Å². The Bertz CT molecular complexity index is 513. The summed E-state index contributed by atoms with van der Waals surface area (Å²) in [5.74, 6) is 0.767. The average molecular weight is 320 g/mol. The molecule has 0 atom stereocenters. The van der Waals surface area contributed by atoms with Crippen LogP contribution in [0.1, 0.15) is 18.4 Å². The van der Waals surface area contributed by atoms with Crippen molar-refractivity contribution in [1.29, 1.82) is 0 Å². The summed E-state index contributed by atoms with van der Waals surface area (Å²) >= 11 is 3.38. The molecule has 0 aliphatic heterocycles. The minimum atomic E-state index is 0.678. The number of nitrogen functional groups attached to an aromatic ring is 1. The van der Waals surface area contributed by atoms with Crippen LogP contribution >= 0.6 is 15.9 Å². The van der Waals surface area contributed by atoms with Gasteiger partial charge in [0, 0.05) is 4.47 Å². The Balaban J connectivity index is 1.69. The van der Waals surface area contributed by atoms with Crippen LogP contribution in [0.2, 0.25) is 0 Å². The van der Waals surface area contributed by atoms with Gasteiger partial charge in [-0.3, -0.25) is 0 Å². The summed E-state index contributed by atoms with van der Waals surface area (Å²) in [7, 11) is 0. The second-order valence-electron chi connectivity index (χ2n) is 4.47. The molecular weight excluding hydrogens is 302 g/mol. The summed E-state index contributed by atoms with van der Waals surface area (Å²) in [5, 5.41) is 0. The maximum absolute atomic E-state index is 5.87. The lowest BCUT2D eigenvalue weighted by molar-refractivity contribution is 0.308. The summed E-state index contributed by atoms with van der Waals surface area (Å²) in [6.07, 6.45) is 3.25. The van der Waals surface area contributed by atoms with Crippen LogP contribution in [0.3, 0.4) is 0 Å². The van der Waals surface area contributed by atoms with Crippen molar-refractivity contribution in [2.75, 3.05) is 12.3 Å². The Morgan fingerprint density at radius 2 is 1.79 bits per heavy atom. The van der Waals surface area contributed by atoms with Gasteiger partial charge in [0.2, 0.25) is 0 Å². The predicted molar refractivity (Wildman–Crippen MR) is 83.4 cm³/mol. The molecule has 0 heterocycles. The molecule has 0 saturated carbocycles. The maximum atomic E-state index is 5.87. The number of aryl methyl sites for hydroxylation is 1. The monoisotopic (exact) mass is 319 g/mol. The maximum Gasteiger partial charge on any atom is 0.142 e. The highest BCUT2D eigenvalue weighted by molar-refractivity contribution is 9.10. The molecule has 0 aliphatic carbocycles. The number of anilines is 1. The summed E-state index contributed by atoms with van der Waals surface area (Å²) in [5.41, 5.74) is 7.93. The second-order valence-corrected chi connectivity index (χ2v) is 5.39. The van der Waals surface area contributed by atoms with Crippen LogP contribution in [0.15, 0.2) is 53.0 Å². The van der Waals surface area contributed by atoms with Gasteiger partial charge >= 0.3 is 0 Å². The first-order valence-electron chi connectivity index (χ1n) is 6.47. The molecular formula is C16H18BrNO. The number of rotatable bonds is 6. The van der Waals surface area contributed by atoms with E-state index in [1.807, 2.05) is 24.3 Å². The van der Waals surface area contributed by atoms with Gasteiger partial charge in [-0.2, -0.15) is 0 Å². The van der Waals surface area contributed by atoms with Gasteiger partial charge in [-0.15, -0.1) is 0 Å². The Kier molecular flexibility index (Phi) is 5.28. The molecule has 2 N–H and O–H groups in total. The minimum absolute atomic E-state index is 0.678. The number of unbranched alkanes of at least 4 members (excludes halogenated alkanes) is 1. The molecule has 0 bridgehead atoms. The number of nitrogens with two attached hydrogens (primary N) is 1. The molecule has 0 radical (unpaired) electrons. The third-order valence-electron chi connectivity index (χ3n) is 2.93.